The van der Waals surface area contributed by atoms with Gasteiger partial charge in [0, 0.05) is 10.8 Å². The maximum absolute atomic E-state index is 6.07. The minimum absolute atomic E-state index is 0.209. The highest BCUT2D eigenvalue weighted by Crippen LogP contribution is 2.41. The lowest BCUT2D eigenvalue weighted by Gasteiger charge is -2.17. The first-order chi connectivity index (χ1) is 20.7. The summed E-state index contributed by atoms with van der Waals surface area (Å²) in [4.78, 5) is 9.25. The van der Waals surface area contributed by atoms with Gasteiger partial charge in [0.2, 0.25) is 0 Å². The Morgan fingerprint density at radius 1 is 0.476 bits per heavy atom. The zero-order chi connectivity index (χ0) is 29.3. The molecule has 3 aromatic carbocycles. The number of hydrogen-bond donors (Lipinski definition) is 0. The highest BCUT2D eigenvalue weighted by atomic mass is 16.6. The van der Waals surface area contributed by atoms with Crippen molar-refractivity contribution in [3.63, 3.8) is 0 Å². The second-order valence-electron chi connectivity index (χ2n) is 8.93. The van der Waals surface area contributed by atoms with Gasteiger partial charge in [-0.3, -0.25) is 0 Å². The first kappa shape index (κ1) is 29.1. The molecule has 2 heterocycles. The molecule has 0 aliphatic carbocycles. The molecule has 0 atom stereocenters. The van der Waals surface area contributed by atoms with Gasteiger partial charge in [0.05, 0.1) is 54.9 Å². The third kappa shape index (κ3) is 6.39. The monoisotopic (exact) mass is 582 g/mol. The van der Waals surface area contributed by atoms with E-state index in [0.717, 1.165) is 10.8 Å². The van der Waals surface area contributed by atoms with Crippen molar-refractivity contribution in [1.82, 2.24) is 9.97 Å². The first-order valence-corrected chi connectivity index (χ1v) is 13.4. The van der Waals surface area contributed by atoms with E-state index in [2.05, 4.69) is 9.97 Å². The molecule has 0 saturated carbocycles. The maximum Gasteiger partial charge on any atom is 0.278 e. The fraction of sp³-hybridized carbons (Fsp3) is 0.400. The fourth-order valence-corrected chi connectivity index (χ4v) is 4.47. The summed E-state index contributed by atoms with van der Waals surface area (Å²) in [5.74, 6) is 3.99. The molecule has 42 heavy (non-hydrogen) atoms. The average molecular weight is 583 g/mol. The van der Waals surface area contributed by atoms with E-state index < -0.39 is 0 Å². The third-order valence-electron chi connectivity index (χ3n) is 6.47. The average Bonchev–Trinajstić information content (AvgIpc) is 3.02. The Morgan fingerprint density at radius 2 is 0.833 bits per heavy atom. The standard InChI is InChI=1S/C30H34N2O10/c1-33-21-5-6-22(34-2)20-18-26-25(17-19(20)21)39-13-9-37-11-15-41-29-30(42-16-12-38-10-14-40-26)32-28-24(36-4)8-7-23(35-3)27(28)31-29/h5-8,17-18H,9-16H2,1-4H3. The van der Waals surface area contributed by atoms with Gasteiger partial charge in [0.1, 0.15) is 60.5 Å². The van der Waals surface area contributed by atoms with Crippen molar-refractivity contribution in [2.24, 2.45) is 0 Å². The van der Waals surface area contributed by atoms with Crippen molar-refractivity contribution < 1.29 is 47.4 Å². The van der Waals surface area contributed by atoms with E-state index in [1.54, 1.807) is 40.6 Å². The van der Waals surface area contributed by atoms with Crippen LogP contribution in [0, 0.1) is 0 Å². The van der Waals surface area contributed by atoms with Crippen LogP contribution in [-0.4, -0.2) is 91.3 Å². The summed E-state index contributed by atoms with van der Waals surface area (Å²) in [6.07, 6.45) is 0. The van der Waals surface area contributed by atoms with Crippen molar-refractivity contribution in [1.29, 1.82) is 0 Å². The van der Waals surface area contributed by atoms with E-state index in [9.17, 15) is 0 Å². The number of fused-ring (bicyclic) bond motifs is 4. The molecule has 0 bridgehead atoms. The van der Waals surface area contributed by atoms with Crippen molar-refractivity contribution in [2.45, 2.75) is 0 Å². The lowest BCUT2D eigenvalue weighted by atomic mass is 10.1. The van der Waals surface area contributed by atoms with Gasteiger partial charge in [-0.2, -0.15) is 0 Å². The third-order valence-corrected chi connectivity index (χ3v) is 6.47. The molecule has 5 rings (SSSR count). The predicted molar refractivity (Wildman–Crippen MR) is 153 cm³/mol. The molecule has 1 aliphatic rings. The van der Waals surface area contributed by atoms with E-state index >= 15 is 0 Å². The lowest BCUT2D eigenvalue weighted by Crippen LogP contribution is -2.16. The molecular formula is C30H34N2O10. The van der Waals surface area contributed by atoms with Crippen LogP contribution in [0.15, 0.2) is 36.4 Å². The lowest BCUT2D eigenvalue weighted by molar-refractivity contribution is 0.0622. The van der Waals surface area contributed by atoms with Gasteiger partial charge in [-0.05, 0) is 36.4 Å². The number of ether oxygens (including phenoxy) is 10. The molecule has 1 aliphatic heterocycles. The second-order valence-corrected chi connectivity index (χ2v) is 8.93. The Kier molecular flexibility index (Phi) is 9.67. The first-order valence-electron chi connectivity index (χ1n) is 13.4. The van der Waals surface area contributed by atoms with Gasteiger partial charge in [-0.15, -0.1) is 0 Å². The Hall–Kier alpha value is -4.42. The Bertz CT molecular complexity index is 1290. The van der Waals surface area contributed by atoms with Crippen LogP contribution < -0.4 is 37.9 Å². The largest absolute Gasteiger partial charge is 0.496 e. The molecule has 224 valence electrons. The quantitative estimate of drug-likeness (QED) is 0.345. The molecule has 1 aromatic heterocycles. The van der Waals surface area contributed by atoms with Gasteiger partial charge in [0.15, 0.2) is 11.5 Å². The summed E-state index contributed by atoms with van der Waals surface area (Å²) in [5, 5.41) is 1.68. The predicted octanol–water partition coefficient (Wildman–Crippen LogP) is 4.08. The SMILES string of the molecule is COc1ccc(OC)c2cc3c(cc12)OCCOCCOc1nc2c(OC)ccc(OC)c2nc1OCCOCCO3. The van der Waals surface area contributed by atoms with Gasteiger partial charge >= 0.3 is 0 Å². The zero-order valence-electron chi connectivity index (χ0n) is 24.1. The van der Waals surface area contributed by atoms with E-state index in [-0.39, 0.29) is 51.4 Å². The summed E-state index contributed by atoms with van der Waals surface area (Å²) in [6.45, 7) is 2.19. The van der Waals surface area contributed by atoms with Crippen LogP contribution in [0.1, 0.15) is 0 Å². The molecule has 12 nitrogen and oxygen atoms in total. The minimum Gasteiger partial charge on any atom is -0.496 e. The van der Waals surface area contributed by atoms with Crippen LogP contribution in [-0.2, 0) is 9.47 Å². The number of nitrogens with zero attached hydrogens (tertiary/aromatic N) is 2. The van der Waals surface area contributed by atoms with Crippen molar-refractivity contribution >= 4 is 21.8 Å². The molecule has 0 radical (unpaired) electrons. The van der Waals surface area contributed by atoms with E-state index in [1.165, 1.54) is 0 Å². The fourth-order valence-electron chi connectivity index (χ4n) is 4.47. The van der Waals surface area contributed by atoms with E-state index in [1.807, 2.05) is 24.3 Å². The van der Waals surface area contributed by atoms with Crippen LogP contribution in [0.4, 0.5) is 0 Å². The highest BCUT2D eigenvalue weighted by Gasteiger charge is 2.19. The molecule has 0 N–H and O–H groups in total. The normalized spacial score (nSPS) is 15.0. The van der Waals surface area contributed by atoms with Gasteiger partial charge in [-0.25, -0.2) is 9.97 Å². The number of benzene rings is 3. The van der Waals surface area contributed by atoms with Crippen LogP contribution in [0.3, 0.4) is 0 Å². The van der Waals surface area contributed by atoms with Crippen LogP contribution in [0.5, 0.6) is 46.3 Å². The number of hydrogen-bond acceptors (Lipinski definition) is 12. The Labute approximate surface area is 243 Å². The summed E-state index contributed by atoms with van der Waals surface area (Å²) >= 11 is 0. The Morgan fingerprint density at radius 3 is 1.21 bits per heavy atom. The van der Waals surface area contributed by atoms with Gasteiger partial charge < -0.3 is 47.4 Å². The van der Waals surface area contributed by atoms with Crippen LogP contribution in [0.25, 0.3) is 21.8 Å². The summed E-state index contributed by atoms with van der Waals surface area (Å²) in [7, 11) is 6.37. The van der Waals surface area contributed by atoms with Crippen molar-refractivity contribution in [3.8, 4) is 46.3 Å². The molecular weight excluding hydrogens is 548 g/mol. The van der Waals surface area contributed by atoms with Crippen LogP contribution >= 0.6 is 0 Å². The molecule has 4 aromatic rings. The Balaban J connectivity index is 1.34. The summed E-state index contributed by atoms with van der Waals surface area (Å²) in [5.41, 5.74) is 0.981. The van der Waals surface area contributed by atoms with Crippen LogP contribution in [0.2, 0.25) is 0 Å². The zero-order valence-corrected chi connectivity index (χ0v) is 24.1. The molecule has 12 heteroatoms. The summed E-state index contributed by atoms with van der Waals surface area (Å²) < 4.78 is 57.6. The van der Waals surface area contributed by atoms with Crippen molar-refractivity contribution in [2.75, 3.05) is 81.3 Å². The summed E-state index contributed by atoms with van der Waals surface area (Å²) in [6, 6.07) is 11.0. The topological polar surface area (TPSA) is 118 Å². The van der Waals surface area contributed by atoms with Gasteiger partial charge in [0.25, 0.3) is 11.8 Å². The van der Waals surface area contributed by atoms with Crippen molar-refractivity contribution in [3.05, 3.63) is 36.4 Å². The molecule has 0 saturated heterocycles. The molecule has 0 unspecified atom stereocenters. The molecule has 0 amide bonds. The van der Waals surface area contributed by atoms with Gasteiger partial charge in [-0.1, -0.05) is 0 Å². The smallest absolute Gasteiger partial charge is 0.278 e. The second kappa shape index (κ2) is 14.0. The highest BCUT2D eigenvalue weighted by molar-refractivity contribution is 5.96. The molecule has 0 fully saturated rings. The number of aromatic nitrogens is 2. The number of methoxy groups -OCH3 is 4. The molecule has 0 spiro atoms. The van der Waals surface area contributed by atoms with E-state index in [4.69, 9.17) is 47.4 Å². The van der Waals surface area contributed by atoms with E-state index in [0.29, 0.717) is 58.7 Å². The number of rotatable bonds is 4. The maximum atomic E-state index is 6.07. The minimum atomic E-state index is 0.209.